The van der Waals surface area contributed by atoms with Crippen LogP contribution in [0.2, 0.25) is 5.15 Å². The molecule has 3 heterocycles. The molecule has 4 heteroatoms. The molecule has 22 heavy (non-hydrogen) atoms. The summed E-state index contributed by atoms with van der Waals surface area (Å²) in [4.78, 5) is 6.85. The number of hydrogen-bond donors (Lipinski definition) is 0. The third-order valence-electron chi connectivity index (χ3n) is 4.41. The lowest BCUT2D eigenvalue weighted by Crippen LogP contribution is -2.16. The van der Waals surface area contributed by atoms with Gasteiger partial charge in [-0.05, 0) is 38.1 Å². The molecule has 0 N–H and O–H groups in total. The van der Waals surface area contributed by atoms with Crippen LogP contribution in [0.15, 0.2) is 46.9 Å². The van der Waals surface area contributed by atoms with Crippen LogP contribution in [0.4, 0.5) is 0 Å². The average molecular weight is 313 g/mol. The fourth-order valence-electron chi connectivity index (χ4n) is 3.22. The van der Waals surface area contributed by atoms with E-state index in [1.54, 1.807) is 0 Å². The molecule has 1 aliphatic heterocycles. The molecule has 112 valence electrons. The molecule has 0 aliphatic carbocycles. The van der Waals surface area contributed by atoms with Crippen molar-refractivity contribution < 1.29 is 4.42 Å². The van der Waals surface area contributed by atoms with Crippen molar-refractivity contribution >= 4 is 22.7 Å². The Kier molecular flexibility index (Phi) is 3.40. The molecule has 0 amide bonds. The van der Waals surface area contributed by atoms with Gasteiger partial charge in [0.05, 0.1) is 6.04 Å². The van der Waals surface area contributed by atoms with E-state index in [9.17, 15) is 0 Å². The normalized spacial score (nSPS) is 19.1. The number of pyridine rings is 1. The van der Waals surface area contributed by atoms with E-state index in [1.165, 1.54) is 6.42 Å². The van der Waals surface area contributed by atoms with Crippen LogP contribution in [0, 0.1) is 0 Å². The highest BCUT2D eigenvalue weighted by Crippen LogP contribution is 2.36. The van der Waals surface area contributed by atoms with Gasteiger partial charge < -0.3 is 4.42 Å². The first-order valence-electron chi connectivity index (χ1n) is 7.58. The maximum absolute atomic E-state index is 6.37. The lowest BCUT2D eigenvalue weighted by atomic mass is 10.1. The molecule has 1 atom stereocenters. The molecule has 0 spiro atoms. The van der Waals surface area contributed by atoms with Gasteiger partial charge in [-0.2, -0.15) is 0 Å². The summed E-state index contributed by atoms with van der Waals surface area (Å²) < 4.78 is 6.08. The largest absolute Gasteiger partial charge is 0.458 e. The zero-order valence-corrected chi connectivity index (χ0v) is 13.2. The molecule has 3 aromatic rings. The van der Waals surface area contributed by atoms with Crippen LogP contribution in [0.1, 0.15) is 24.6 Å². The zero-order chi connectivity index (χ0) is 15.1. The van der Waals surface area contributed by atoms with E-state index < -0.39 is 0 Å². The first kappa shape index (κ1) is 13.8. The molecule has 2 aromatic heterocycles. The summed E-state index contributed by atoms with van der Waals surface area (Å²) in [6.45, 7) is 1.12. The van der Waals surface area contributed by atoms with E-state index in [-0.39, 0.29) is 0 Å². The molecule has 0 radical (unpaired) electrons. The Balaban J connectivity index is 1.80. The van der Waals surface area contributed by atoms with Gasteiger partial charge in [-0.3, -0.25) is 4.90 Å². The lowest BCUT2D eigenvalue weighted by molar-refractivity contribution is 0.281. The van der Waals surface area contributed by atoms with Crippen molar-refractivity contribution in [2.45, 2.75) is 18.9 Å². The van der Waals surface area contributed by atoms with E-state index >= 15 is 0 Å². The van der Waals surface area contributed by atoms with Crippen LogP contribution < -0.4 is 0 Å². The summed E-state index contributed by atoms with van der Waals surface area (Å²) in [6.07, 6.45) is 2.34. The van der Waals surface area contributed by atoms with Crippen LogP contribution in [0.3, 0.4) is 0 Å². The molecule has 1 saturated heterocycles. The van der Waals surface area contributed by atoms with Gasteiger partial charge in [0.1, 0.15) is 16.4 Å². The van der Waals surface area contributed by atoms with Gasteiger partial charge in [0, 0.05) is 11.6 Å². The summed E-state index contributed by atoms with van der Waals surface area (Å²) in [7, 11) is 2.14. The Morgan fingerprint density at radius 3 is 2.77 bits per heavy atom. The minimum atomic E-state index is 0.355. The van der Waals surface area contributed by atoms with E-state index in [1.807, 2.05) is 42.5 Å². The van der Waals surface area contributed by atoms with Crippen molar-refractivity contribution in [1.29, 1.82) is 0 Å². The van der Waals surface area contributed by atoms with Crippen LogP contribution in [-0.2, 0) is 0 Å². The Hall–Kier alpha value is -1.84. The maximum atomic E-state index is 6.37. The highest BCUT2D eigenvalue weighted by molar-refractivity contribution is 6.32. The number of furan rings is 1. The van der Waals surface area contributed by atoms with Crippen LogP contribution in [0.5, 0.6) is 0 Å². The maximum Gasteiger partial charge on any atom is 0.153 e. The fourth-order valence-corrected chi connectivity index (χ4v) is 3.47. The Bertz CT molecular complexity index is 813. The second kappa shape index (κ2) is 5.41. The van der Waals surface area contributed by atoms with Crippen molar-refractivity contribution in [1.82, 2.24) is 9.88 Å². The van der Waals surface area contributed by atoms with Crippen molar-refractivity contribution in [3.8, 4) is 11.1 Å². The Morgan fingerprint density at radius 1 is 1.23 bits per heavy atom. The van der Waals surface area contributed by atoms with E-state index in [0.717, 1.165) is 41.0 Å². The SMILES string of the molecule is CN1CCC[C@@H]1c1cc2nc(Cl)c(-c3ccccc3)cc2o1. The van der Waals surface area contributed by atoms with Gasteiger partial charge >= 0.3 is 0 Å². The molecule has 0 unspecified atom stereocenters. The van der Waals surface area contributed by atoms with Crippen molar-refractivity contribution in [3.05, 3.63) is 53.4 Å². The van der Waals surface area contributed by atoms with E-state index in [2.05, 4.69) is 16.9 Å². The van der Waals surface area contributed by atoms with Gasteiger partial charge in [-0.25, -0.2) is 4.98 Å². The van der Waals surface area contributed by atoms with Gasteiger partial charge in [0.15, 0.2) is 5.58 Å². The van der Waals surface area contributed by atoms with E-state index in [0.29, 0.717) is 11.2 Å². The minimum Gasteiger partial charge on any atom is -0.458 e. The summed E-state index contributed by atoms with van der Waals surface area (Å²) in [5, 5.41) is 0.519. The number of nitrogens with zero attached hydrogens (tertiary/aromatic N) is 2. The number of aromatic nitrogens is 1. The van der Waals surface area contributed by atoms with Gasteiger partial charge in [0.25, 0.3) is 0 Å². The first-order valence-corrected chi connectivity index (χ1v) is 7.96. The van der Waals surface area contributed by atoms with Crippen molar-refractivity contribution in [3.63, 3.8) is 0 Å². The third kappa shape index (κ3) is 2.31. The number of hydrogen-bond acceptors (Lipinski definition) is 3. The molecule has 1 aromatic carbocycles. The highest BCUT2D eigenvalue weighted by atomic mass is 35.5. The molecular weight excluding hydrogens is 296 g/mol. The number of fused-ring (bicyclic) bond motifs is 1. The number of rotatable bonds is 2. The van der Waals surface area contributed by atoms with Crippen LogP contribution >= 0.6 is 11.6 Å². The number of halogens is 1. The molecule has 4 rings (SSSR count). The van der Waals surface area contributed by atoms with Crippen LogP contribution in [0.25, 0.3) is 22.2 Å². The highest BCUT2D eigenvalue weighted by Gasteiger charge is 2.26. The quantitative estimate of drug-likeness (QED) is 0.629. The van der Waals surface area contributed by atoms with Gasteiger partial charge in [-0.15, -0.1) is 0 Å². The standard InChI is InChI=1S/C18H17ClN2O/c1-21-9-5-8-15(21)17-11-14-16(22-17)10-13(18(19)20-14)12-6-3-2-4-7-12/h2-4,6-7,10-11,15H,5,8-9H2,1H3/t15-/m1/s1. The fraction of sp³-hybridized carbons (Fsp3) is 0.278. The Morgan fingerprint density at radius 2 is 2.05 bits per heavy atom. The zero-order valence-electron chi connectivity index (χ0n) is 12.4. The third-order valence-corrected chi connectivity index (χ3v) is 4.70. The monoisotopic (exact) mass is 312 g/mol. The summed E-state index contributed by atoms with van der Waals surface area (Å²) in [5.41, 5.74) is 3.60. The minimum absolute atomic E-state index is 0.355. The van der Waals surface area contributed by atoms with Crippen molar-refractivity contribution in [2.75, 3.05) is 13.6 Å². The topological polar surface area (TPSA) is 29.3 Å². The number of likely N-dealkylation sites (tertiary alicyclic amines) is 1. The second-order valence-electron chi connectivity index (χ2n) is 5.86. The average Bonchev–Trinajstić information content (AvgIpc) is 3.12. The lowest BCUT2D eigenvalue weighted by Gasteiger charge is -2.16. The predicted molar refractivity (Wildman–Crippen MR) is 89.1 cm³/mol. The predicted octanol–water partition coefficient (Wildman–Crippen LogP) is 4.91. The molecule has 0 saturated carbocycles. The molecule has 0 bridgehead atoms. The smallest absolute Gasteiger partial charge is 0.153 e. The van der Waals surface area contributed by atoms with E-state index in [4.69, 9.17) is 16.0 Å². The second-order valence-corrected chi connectivity index (χ2v) is 6.22. The summed E-state index contributed by atoms with van der Waals surface area (Å²) in [5.74, 6) is 0.990. The molecule has 3 nitrogen and oxygen atoms in total. The van der Waals surface area contributed by atoms with Crippen LogP contribution in [-0.4, -0.2) is 23.5 Å². The van der Waals surface area contributed by atoms with Gasteiger partial charge in [-0.1, -0.05) is 41.9 Å². The molecule has 1 fully saturated rings. The Labute approximate surface area is 134 Å². The van der Waals surface area contributed by atoms with Gasteiger partial charge in [0.2, 0.25) is 0 Å². The van der Waals surface area contributed by atoms with Crippen molar-refractivity contribution in [2.24, 2.45) is 0 Å². The first-order chi connectivity index (χ1) is 10.7. The summed E-state index contributed by atoms with van der Waals surface area (Å²) in [6, 6.07) is 14.4. The summed E-state index contributed by atoms with van der Waals surface area (Å²) >= 11 is 6.37. The molecular formula is C18H17ClN2O. The number of benzene rings is 1. The molecule has 1 aliphatic rings.